The Bertz CT molecular complexity index is 233. The van der Waals surface area contributed by atoms with Crippen LogP contribution in [0.4, 0.5) is 0 Å². The molecular weight excluding hydrogens is 186 g/mol. The van der Waals surface area contributed by atoms with Crippen molar-refractivity contribution >= 4 is 23.1 Å². The summed E-state index contributed by atoms with van der Waals surface area (Å²) in [7, 11) is 0. The zero-order valence-electron chi connectivity index (χ0n) is 7.12. The van der Waals surface area contributed by atoms with E-state index in [0.29, 0.717) is 5.37 Å². The Morgan fingerprint density at radius 2 is 2.50 bits per heavy atom. The van der Waals surface area contributed by atoms with Gasteiger partial charge >= 0.3 is 0 Å². The first-order chi connectivity index (χ1) is 5.86. The van der Waals surface area contributed by atoms with Crippen molar-refractivity contribution in [3.8, 4) is 0 Å². The van der Waals surface area contributed by atoms with E-state index in [1.165, 1.54) is 11.3 Å². The maximum Gasteiger partial charge on any atom is 0.0885 e. The molecule has 66 valence electrons. The number of rotatable bonds is 1. The Labute approximate surface area is 81.6 Å². The molecule has 1 aromatic heterocycles. The van der Waals surface area contributed by atoms with Crippen LogP contribution in [0, 0.1) is 0 Å². The molecule has 2 heterocycles. The van der Waals surface area contributed by atoms with Gasteiger partial charge in [0.2, 0.25) is 0 Å². The standard InChI is InChI=1S/C9H13NS2/c1-7-4-5-10-9(12-7)8-3-2-6-11-8/h2-3,6-7,9-10H,4-5H2,1H3. The largest absolute Gasteiger partial charge is 0.301 e. The van der Waals surface area contributed by atoms with Crippen LogP contribution in [-0.2, 0) is 0 Å². The molecule has 3 heteroatoms. The van der Waals surface area contributed by atoms with Crippen LogP contribution in [-0.4, -0.2) is 11.8 Å². The molecule has 0 saturated carbocycles. The molecule has 1 nitrogen and oxygen atoms in total. The Kier molecular flexibility index (Phi) is 2.73. The van der Waals surface area contributed by atoms with Crippen molar-refractivity contribution in [1.29, 1.82) is 0 Å². The molecule has 2 atom stereocenters. The Balaban J connectivity index is 2.04. The van der Waals surface area contributed by atoms with Crippen molar-refractivity contribution < 1.29 is 0 Å². The second-order valence-electron chi connectivity index (χ2n) is 3.08. The second-order valence-corrected chi connectivity index (χ2v) is 5.61. The van der Waals surface area contributed by atoms with Gasteiger partial charge in [-0.05, 0) is 24.4 Å². The summed E-state index contributed by atoms with van der Waals surface area (Å²) in [6, 6.07) is 4.34. The van der Waals surface area contributed by atoms with Crippen LogP contribution in [0.15, 0.2) is 17.5 Å². The van der Waals surface area contributed by atoms with E-state index in [9.17, 15) is 0 Å². The van der Waals surface area contributed by atoms with Gasteiger partial charge in [-0.15, -0.1) is 23.1 Å². The van der Waals surface area contributed by atoms with Crippen molar-refractivity contribution in [2.24, 2.45) is 0 Å². The highest BCUT2D eigenvalue weighted by molar-refractivity contribution is 8.00. The minimum Gasteiger partial charge on any atom is -0.301 e. The summed E-state index contributed by atoms with van der Waals surface area (Å²) in [5.41, 5.74) is 0. The van der Waals surface area contributed by atoms with E-state index >= 15 is 0 Å². The molecule has 1 aromatic rings. The molecule has 1 saturated heterocycles. The van der Waals surface area contributed by atoms with Crippen molar-refractivity contribution in [3.05, 3.63) is 22.4 Å². The number of thiophene rings is 1. The lowest BCUT2D eigenvalue weighted by molar-refractivity contribution is 0.610. The first-order valence-corrected chi connectivity index (χ1v) is 6.11. The maximum absolute atomic E-state index is 3.53. The van der Waals surface area contributed by atoms with E-state index in [0.717, 1.165) is 11.8 Å². The number of hydrogen-bond acceptors (Lipinski definition) is 3. The van der Waals surface area contributed by atoms with Crippen molar-refractivity contribution in [2.75, 3.05) is 6.54 Å². The molecule has 0 aromatic carbocycles. The Hall–Kier alpha value is 0.01000. The van der Waals surface area contributed by atoms with Crippen LogP contribution in [0.2, 0.25) is 0 Å². The topological polar surface area (TPSA) is 12.0 Å². The minimum absolute atomic E-state index is 0.550. The lowest BCUT2D eigenvalue weighted by Crippen LogP contribution is -2.28. The van der Waals surface area contributed by atoms with Crippen LogP contribution < -0.4 is 5.32 Å². The van der Waals surface area contributed by atoms with Crippen molar-refractivity contribution in [2.45, 2.75) is 24.0 Å². The predicted molar refractivity (Wildman–Crippen MR) is 56.7 cm³/mol. The van der Waals surface area contributed by atoms with E-state index in [1.54, 1.807) is 0 Å². The number of nitrogens with one attached hydrogen (secondary N) is 1. The lowest BCUT2D eigenvalue weighted by atomic mass is 10.3. The van der Waals surface area contributed by atoms with Crippen LogP contribution >= 0.6 is 23.1 Å². The molecule has 1 aliphatic heterocycles. The Morgan fingerprint density at radius 3 is 3.17 bits per heavy atom. The molecule has 1 fully saturated rings. The summed E-state index contributed by atoms with van der Waals surface area (Å²) in [6.07, 6.45) is 1.30. The van der Waals surface area contributed by atoms with Gasteiger partial charge in [-0.2, -0.15) is 0 Å². The van der Waals surface area contributed by atoms with Crippen LogP contribution in [0.3, 0.4) is 0 Å². The minimum atomic E-state index is 0.550. The van der Waals surface area contributed by atoms with E-state index in [1.807, 2.05) is 23.1 Å². The highest BCUT2D eigenvalue weighted by Gasteiger charge is 2.20. The van der Waals surface area contributed by atoms with Crippen LogP contribution in [0.1, 0.15) is 23.6 Å². The lowest BCUT2D eigenvalue weighted by Gasteiger charge is -2.26. The molecule has 2 unspecified atom stereocenters. The summed E-state index contributed by atoms with van der Waals surface area (Å²) >= 11 is 3.89. The average Bonchev–Trinajstić information content (AvgIpc) is 2.56. The van der Waals surface area contributed by atoms with Gasteiger partial charge in [-0.3, -0.25) is 0 Å². The zero-order valence-corrected chi connectivity index (χ0v) is 8.75. The second kappa shape index (κ2) is 3.81. The van der Waals surface area contributed by atoms with Crippen LogP contribution in [0.5, 0.6) is 0 Å². The predicted octanol–water partition coefficient (Wildman–Crippen LogP) is 2.86. The molecule has 1 aliphatic rings. The van der Waals surface area contributed by atoms with E-state index in [-0.39, 0.29) is 0 Å². The maximum atomic E-state index is 3.53. The van der Waals surface area contributed by atoms with Gasteiger partial charge in [0.05, 0.1) is 5.37 Å². The molecule has 0 radical (unpaired) electrons. The summed E-state index contributed by atoms with van der Waals surface area (Å²) in [6.45, 7) is 3.48. The normalized spacial score (nSPS) is 30.4. The van der Waals surface area contributed by atoms with Gasteiger partial charge in [-0.25, -0.2) is 0 Å². The van der Waals surface area contributed by atoms with Gasteiger partial charge in [0.25, 0.3) is 0 Å². The molecule has 0 bridgehead atoms. The Morgan fingerprint density at radius 1 is 1.58 bits per heavy atom. The third kappa shape index (κ3) is 1.84. The quantitative estimate of drug-likeness (QED) is 0.746. The van der Waals surface area contributed by atoms with Gasteiger partial charge in [-0.1, -0.05) is 13.0 Å². The van der Waals surface area contributed by atoms with Crippen molar-refractivity contribution in [3.63, 3.8) is 0 Å². The highest BCUT2D eigenvalue weighted by atomic mass is 32.2. The average molecular weight is 199 g/mol. The van der Waals surface area contributed by atoms with Crippen molar-refractivity contribution in [1.82, 2.24) is 5.32 Å². The number of thioether (sulfide) groups is 1. The molecule has 12 heavy (non-hydrogen) atoms. The summed E-state index contributed by atoms with van der Waals surface area (Å²) in [4.78, 5) is 1.46. The fourth-order valence-corrected chi connectivity index (χ4v) is 3.53. The summed E-state index contributed by atoms with van der Waals surface area (Å²) in [5, 5.41) is 7.03. The van der Waals surface area contributed by atoms with Gasteiger partial charge in [0.15, 0.2) is 0 Å². The molecule has 0 aliphatic carbocycles. The molecule has 2 rings (SSSR count). The third-order valence-corrected chi connectivity index (χ3v) is 4.53. The van der Waals surface area contributed by atoms with Gasteiger partial charge in [0, 0.05) is 10.1 Å². The molecular formula is C9H13NS2. The molecule has 1 N–H and O–H groups in total. The highest BCUT2D eigenvalue weighted by Crippen LogP contribution is 2.36. The number of hydrogen-bond donors (Lipinski definition) is 1. The fraction of sp³-hybridized carbons (Fsp3) is 0.556. The van der Waals surface area contributed by atoms with E-state index in [2.05, 4.69) is 29.8 Å². The zero-order chi connectivity index (χ0) is 8.39. The molecule has 0 amide bonds. The van der Waals surface area contributed by atoms with E-state index < -0.39 is 0 Å². The van der Waals surface area contributed by atoms with Gasteiger partial charge in [0.1, 0.15) is 0 Å². The molecule has 0 spiro atoms. The summed E-state index contributed by atoms with van der Waals surface area (Å²) < 4.78 is 0. The SMILES string of the molecule is CC1CCNC(c2cccs2)S1. The first-order valence-electron chi connectivity index (χ1n) is 4.28. The third-order valence-electron chi connectivity index (χ3n) is 2.05. The van der Waals surface area contributed by atoms with Crippen LogP contribution in [0.25, 0.3) is 0 Å². The fourth-order valence-electron chi connectivity index (χ4n) is 1.37. The van der Waals surface area contributed by atoms with E-state index in [4.69, 9.17) is 0 Å². The summed E-state index contributed by atoms with van der Waals surface area (Å²) in [5.74, 6) is 0. The first kappa shape index (κ1) is 8.60. The smallest absolute Gasteiger partial charge is 0.0885 e. The van der Waals surface area contributed by atoms with Gasteiger partial charge < -0.3 is 5.32 Å². The monoisotopic (exact) mass is 199 g/mol.